The second kappa shape index (κ2) is 5.66. The molecule has 1 amide bonds. The van der Waals surface area contributed by atoms with Crippen LogP contribution >= 0.6 is 0 Å². The van der Waals surface area contributed by atoms with Crippen LogP contribution in [0.4, 0.5) is 5.82 Å². The Balaban J connectivity index is 1.94. The molecule has 4 heteroatoms. The molecule has 0 atom stereocenters. The third-order valence-corrected chi connectivity index (χ3v) is 4.01. The van der Waals surface area contributed by atoms with Crippen molar-refractivity contribution in [3.8, 4) is 0 Å². The average molecular weight is 314 g/mol. The summed E-state index contributed by atoms with van der Waals surface area (Å²) in [7, 11) is 0. The Labute approximate surface area is 139 Å². The van der Waals surface area contributed by atoms with Crippen molar-refractivity contribution in [2.45, 2.75) is 0 Å². The first-order valence-corrected chi connectivity index (χ1v) is 7.64. The van der Waals surface area contributed by atoms with E-state index in [-0.39, 0.29) is 5.91 Å². The molecule has 0 unspecified atom stereocenters. The van der Waals surface area contributed by atoms with Crippen molar-refractivity contribution in [3.63, 3.8) is 0 Å². The van der Waals surface area contributed by atoms with Crippen molar-refractivity contribution in [2.75, 3.05) is 4.90 Å². The van der Waals surface area contributed by atoms with Gasteiger partial charge < -0.3 is 5.21 Å². The molecule has 24 heavy (non-hydrogen) atoms. The molecule has 0 bridgehead atoms. The predicted molar refractivity (Wildman–Crippen MR) is 93.0 cm³/mol. The van der Waals surface area contributed by atoms with Gasteiger partial charge in [0.15, 0.2) is 0 Å². The monoisotopic (exact) mass is 314 g/mol. The zero-order chi connectivity index (χ0) is 16.5. The molecule has 0 spiro atoms. The summed E-state index contributed by atoms with van der Waals surface area (Å²) in [6, 6.07) is 22.2. The molecule has 2 heterocycles. The SMILES string of the molecule is O=C1c2ccccc2/C(=C/c2ccccc2)N1c1cccc[n+]1[O-]. The Bertz CT molecular complexity index is 949. The van der Waals surface area contributed by atoms with Crippen LogP contribution in [-0.2, 0) is 0 Å². The minimum Gasteiger partial charge on any atom is -0.711 e. The number of anilines is 1. The molecular formula is C20H14N2O2. The standard InChI is InChI=1S/C20H14N2O2/c23-20-17-11-5-4-10-16(17)18(14-15-8-2-1-3-9-15)22(20)19-12-6-7-13-21(19)24/h1-14H/b18-14-. The number of rotatable bonds is 2. The van der Waals surface area contributed by atoms with Crippen molar-refractivity contribution >= 4 is 23.5 Å². The zero-order valence-corrected chi connectivity index (χ0v) is 12.8. The molecule has 4 rings (SSSR count). The predicted octanol–water partition coefficient (Wildman–Crippen LogP) is 3.48. The zero-order valence-electron chi connectivity index (χ0n) is 12.8. The number of nitrogens with zero attached hydrogens (tertiary/aromatic N) is 2. The van der Waals surface area contributed by atoms with E-state index in [1.807, 2.05) is 54.6 Å². The van der Waals surface area contributed by atoms with Crippen molar-refractivity contribution < 1.29 is 9.52 Å². The molecule has 0 N–H and O–H groups in total. The summed E-state index contributed by atoms with van der Waals surface area (Å²) < 4.78 is 0.711. The van der Waals surface area contributed by atoms with Crippen LogP contribution in [0.1, 0.15) is 21.5 Å². The molecule has 0 saturated carbocycles. The first-order chi connectivity index (χ1) is 11.8. The third kappa shape index (κ3) is 2.25. The average Bonchev–Trinajstić information content (AvgIpc) is 2.89. The largest absolute Gasteiger partial charge is 0.711 e. The number of carbonyl (C=O) groups excluding carboxylic acids is 1. The molecule has 2 aromatic carbocycles. The van der Waals surface area contributed by atoms with Gasteiger partial charge in [-0.1, -0.05) is 48.5 Å². The maximum absolute atomic E-state index is 12.9. The summed E-state index contributed by atoms with van der Waals surface area (Å²) in [6.07, 6.45) is 3.32. The van der Waals surface area contributed by atoms with Gasteiger partial charge in [0.1, 0.15) is 5.70 Å². The van der Waals surface area contributed by atoms with Crippen molar-refractivity contribution in [1.82, 2.24) is 0 Å². The number of hydrogen-bond acceptors (Lipinski definition) is 2. The fourth-order valence-electron chi connectivity index (χ4n) is 2.91. The van der Waals surface area contributed by atoms with Crippen LogP contribution in [-0.4, -0.2) is 5.91 Å². The lowest BCUT2D eigenvalue weighted by Crippen LogP contribution is -2.37. The van der Waals surface area contributed by atoms with Crippen LogP contribution in [0.2, 0.25) is 0 Å². The first kappa shape index (κ1) is 14.2. The lowest BCUT2D eigenvalue weighted by Gasteiger charge is -2.15. The van der Waals surface area contributed by atoms with Crippen LogP contribution in [0.25, 0.3) is 11.8 Å². The highest BCUT2D eigenvalue weighted by molar-refractivity contribution is 6.23. The Morgan fingerprint density at radius 2 is 1.50 bits per heavy atom. The second-order valence-corrected chi connectivity index (χ2v) is 5.51. The Morgan fingerprint density at radius 3 is 2.25 bits per heavy atom. The molecule has 0 radical (unpaired) electrons. The highest BCUT2D eigenvalue weighted by Gasteiger charge is 2.41. The molecule has 4 nitrogen and oxygen atoms in total. The van der Waals surface area contributed by atoms with Crippen LogP contribution in [0, 0.1) is 5.21 Å². The summed E-state index contributed by atoms with van der Waals surface area (Å²) >= 11 is 0. The van der Waals surface area contributed by atoms with E-state index in [0.29, 0.717) is 21.8 Å². The van der Waals surface area contributed by atoms with Gasteiger partial charge >= 0.3 is 5.91 Å². The van der Waals surface area contributed by atoms with Crippen LogP contribution in [0.3, 0.4) is 0 Å². The Hall–Kier alpha value is -3.40. The summed E-state index contributed by atoms with van der Waals surface area (Å²) in [5.74, 6) is 0.101. The highest BCUT2D eigenvalue weighted by Crippen LogP contribution is 2.36. The Morgan fingerprint density at radius 1 is 0.833 bits per heavy atom. The number of pyridine rings is 1. The third-order valence-electron chi connectivity index (χ3n) is 4.01. The number of hydrogen-bond donors (Lipinski definition) is 0. The molecule has 0 aliphatic carbocycles. The molecule has 0 saturated heterocycles. The van der Waals surface area contributed by atoms with Crippen molar-refractivity contribution in [2.24, 2.45) is 0 Å². The fourth-order valence-corrected chi connectivity index (χ4v) is 2.91. The quantitative estimate of drug-likeness (QED) is 0.537. The van der Waals surface area contributed by atoms with Gasteiger partial charge in [0, 0.05) is 11.6 Å². The summed E-state index contributed by atoms with van der Waals surface area (Å²) in [6.45, 7) is 0. The van der Waals surface area contributed by atoms with E-state index < -0.39 is 0 Å². The molecule has 3 aromatic rings. The lowest BCUT2D eigenvalue weighted by molar-refractivity contribution is -0.591. The topological polar surface area (TPSA) is 47.2 Å². The second-order valence-electron chi connectivity index (χ2n) is 5.51. The maximum atomic E-state index is 12.9. The van der Waals surface area contributed by atoms with Crippen molar-refractivity contribution in [1.29, 1.82) is 0 Å². The maximum Gasteiger partial charge on any atom is 0.347 e. The van der Waals surface area contributed by atoms with Crippen LogP contribution in [0.15, 0.2) is 79.0 Å². The van der Waals surface area contributed by atoms with Gasteiger partial charge in [-0.15, -0.1) is 0 Å². The van der Waals surface area contributed by atoms with Gasteiger partial charge in [-0.05, 0) is 29.8 Å². The minimum absolute atomic E-state index is 0.191. The number of fused-ring (bicyclic) bond motifs is 1. The van der Waals surface area contributed by atoms with E-state index in [9.17, 15) is 10.0 Å². The summed E-state index contributed by atoms with van der Waals surface area (Å²) in [4.78, 5) is 14.4. The number of aromatic nitrogens is 1. The van der Waals surface area contributed by atoms with E-state index in [1.54, 1.807) is 24.3 Å². The highest BCUT2D eigenvalue weighted by atomic mass is 16.5. The van der Waals surface area contributed by atoms with E-state index in [1.165, 1.54) is 11.1 Å². The van der Waals surface area contributed by atoms with Gasteiger partial charge in [0.25, 0.3) is 5.82 Å². The number of benzene rings is 2. The van der Waals surface area contributed by atoms with Crippen LogP contribution < -0.4 is 9.63 Å². The normalized spacial score (nSPS) is 14.9. The summed E-state index contributed by atoms with van der Waals surface area (Å²) in [5, 5.41) is 12.2. The minimum atomic E-state index is -0.191. The van der Waals surface area contributed by atoms with Gasteiger partial charge in [-0.2, -0.15) is 4.90 Å². The van der Waals surface area contributed by atoms with Gasteiger partial charge in [-0.25, -0.2) is 9.52 Å². The molecule has 1 aliphatic heterocycles. The van der Waals surface area contributed by atoms with Crippen molar-refractivity contribution in [3.05, 3.63) is 101 Å². The molecule has 0 fully saturated rings. The van der Waals surface area contributed by atoms with E-state index >= 15 is 0 Å². The fraction of sp³-hybridized carbons (Fsp3) is 0. The van der Waals surface area contributed by atoms with E-state index in [2.05, 4.69) is 0 Å². The van der Waals surface area contributed by atoms with Gasteiger partial charge in [0.2, 0.25) is 0 Å². The lowest BCUT2D eigenvalue weighted by atomic mass is 10.1. The number of amides is 1. The van der Waals surface area contributed by atoms with E-state index in [4.69, 9.17) is 0 Å². The smallest absolute Gasteiger partial charge is 0.347 e. The Kier molecular flexibility index (Phi) is 3.35. The molecule has 1 aliphatic rings. The first-order valence-electron chi connectivity index (χ1n) is 7.64. The van der Waals surface area contributed by atoms with Gasteiger partial charge in [0.05, 0.1) is 11.8 Å². The van der Waals surface area contributed by atoms with Crippen LogP contribution in [0.5, 0.6) is 0 Å². The molecular weight excluding hydrogens is 300 g/mol. The molecule has 116 valence electrons. The van der Waals surface area contributed by atoms with E-state index in [0.717, 1.165) is 11.1 Å². The summed E-state index contributed by atoms with van der Waals surface area (Å²) in [5.41, 5.74) is 3.10. The number of carbonyl (C=O) groups is 1. The van der Waals surface area contributed by atoms with Gasteiger partial charge in [-0.3, -0.25) is 0 Å². The molecule has 1 aromatic heterocycles.